The van der Waals surface area contributed by atoms with Gasteiger partial charge in [0.25, 0.3) is 0 Å². The molecule has 0 aliphatic carbocycles. The standard InChI is InChI=1S/C27H26F4N2O3/c28-22-11-9-20(10-12-22)26-14-25(36-32-26)17-33(15-19-5-4-6-21(13-19)27(29,30)31)16-23(34)18-35-24-7-2-1-3-8-24/h1-13,23,25,34H,14-18H2. The number of benzene rings is 3. The summed E-state index contributed by atoms with van der Waals surface area (Å²) in [4.78, 5) is 7.39. The number of hydrogen-bond donors (Lipinski definition) is 1. The van der Waals surface area contributed by atoms with Gasteiger partial charge in [-0.25, -0.2) is 4.39 Å². The first-order valence-electron chi connectivity index (χ1n) is 11.5. The second-order valence-corrected chi connectivity index (χ2v) is 8.65. The van der Waals surface area contributed by atoms with E-state index in [2.05, 4.69) is 5.16 Å². The number of oxime groups is 1. The van der Waals surface area contributed by atoms with Crippen molar-refractivity contribution >= 4 is 5.71 Å². The largest absolute Gasteiger partial charge is 0.491 e. The van der Waals surface area contributed by atoms with E-state index in [9.17, 15) is 22.7 Å². The van der Waals surface area contributed by atoms with Crippen LogP contribution in [0, 0.1) is 5.82 Å². The van der Waals surface area contributed by atoms with Crippen molar-refractivity contribution in [3.05, 3.63) is 101 Å². The molecule has 1 heterocycles. The predicted molar refractivity (Wildman–Crippen MR) is 127 cm³/mol. The molecule has 2 atom stereocenters. The van der Waals surface area contributed by atoms with E-state index in [1.807, 2.05) is 23.1 Å². The van der Waals surface area contributed by atoms with Gasteiger partial charge in [-0.3, -0.25) is 4.90 Å². The van der Waals surface area contributed by atoms with Crippen LogP contribution in [-0.4, -0.2) is 47.6 Å². The summed E-state index contributed by atoms with van der Waals surface area (Å²) in [6.45, 7) is 0.645. The van der Waals surface area contributed by atoms with E-state index in [-0.39, 0.29) is 31.6 Å². The van der Waals surface area contributed by atoms with Crippen molar-refractivity contribution in [1.82, 2.24) is 4.90 Å². The number of alkyl halides is 3. The van der Waals surface area contributed by atoms with Crippen LogP contribution in [0.5, 0.6) is 5.75 Å². The Morgan fingerprint density at radius 2 is 1.78 bits per heavy atom. The van der Waals surface area contributed by atoms with Crippen molar-refractivity contribution in [3.63, 3.8) is 0 Å². The van der Waals surface area contributed by atoms with Gasteiger partial charge < -0.3 is 14.7 Å². The van der Waals surface area contributed by atoms with Gasteiger partial charge in [-0.2, -0.15) is 13.2 Å². The molecule has 0 amide bonds. The van der Waals surface area contributed by atoms with Crippen molar-refractivity contribution in [2.75, 3.05) is 19.7 Å². The monoisotopic (exact) mass is 502 g/mol. The molecule has 190 valence electrons. The minimum atomic E-state index is -4.45. The van der Waals surface area contributed by atoms with Crippen molar-refractivity contribution in [2.24, 2.45) is 5.16 Å². The number of para-hydroxylation sites is 1. The molecule has 5 nitrogen and oxygen atoms in total. The minimum absolute atomic E-state index is 0.0198. The summed E-state index contributed by atoms with van der Waals surface area (Å²) in [5.74, 6) is 0.256. The highest BCUT2D eigenvalue weighted by atomic mass is 19.4. The third-order valence-electron chi connectivity index (χ3n) is 5.69. The molecule has 2 unspecified atom stereocenters. The highest BCUT2D eigenvalue weighted by Crippen LogP contribution is 2.30. The first kappa shape index (κ1) is 25.7. The van der Waals surface area contributed by atoms with Crippen LogP contribution < -0.4 is 4.74 Å². The molecule has 9 heteroatoms. The fourth-order valence-electron chi connectivity index (χ4n) is 3.99. The average molecular weight is 503 g/mol. The molecular weight excluding hydrogens is 476 g/mol. The zero-order valence-electron chi connectivity index (χ0n) is 19.4. The van der Waals surface area contributed by atoms with Crippen LogP contribution in [-0.2, 0) is 17.6 Å². The Kier molecular flexibility index (Phi) is 8.22. The Morgan fingerprint density at radius 3 is 2.50 bits per heavy atom. The Labute approximate surface area is 206 Å². The van der Waals surface area contributed by atoms with Crippen molar-refractivity contribution < 1.29 is 32.2 Å². The van der Waals surface area contributed by atoms with Gasteiger partial charge >= 0.3 is 6.18 Å². The molecule has 1 aliphatic rings. The van der Waals surface area contributed by atoms with Crippen LogP contribution >= 0.6 is 0 Å². The maximum atomic E-state index is 13.2. The molecular formula is C27H26F4N2O3. The summed E-state index contributed by atoms with van der Waals surface area (Å²) in [6.07, 6.45) is -5.27. The van der Waals surface area contributed by atoms with Crippen LogP contribution in [0.1, 0.15) is 23.1 Å². The maximum absolute atomic E-state index is 13.2. The van der Waals surface area contributed by atoms with Gasteiger partial charge in [-0.05, 0) is 41.5 Å². The Morgan fingerprint density at radius 1 is 1.03 bits per heavy atom. The SMILES string of the molecule is OC(COc1ccccc1)CN(Cc1cccc(C(F)(F)F)c1)CC1CC(c2ccc(F)cc2)=NO1. The molecule has 0 radical (unpaired) electrons. The lowest BCUT2D eigenvalue weighted by Crippen LogP contribution is -2.39. The van der Waals surface area contributed by atoms with Crippen LogP contribution in [0.25, 0.3) is 0 Å². The molecule has 3 aromatic carbocycles. The van der Waals surface area contributed by atoms with Crippen LogP contribution in [0.4, 0.5) is 17.6 Å². The molecule has 36 heavy (non-hydrogen) atoms. The van der Waals surface area contributed by atoms with E-state index < -0.39 is 17.8 Å². The fraction of sp³-hybridized carbons (Fsp3) is 0.296. The van der Waals surface area contributed by atoms with Crippen molar-refractivity contribution in [2.45, 2.75) is 31.3 Å². The lowest BCUT2D eigenvalue weighted by Gasteiger charge is -2.27. The molecule has 0 aromatic heterocycles. The fourth-order valence-corrected chi connectivity index (χ4v) is 3.99. The number of ether oxygens (including phenoxy) is 1. The van der Waals surface area contributed by atoms with E-state index >= 15 is 0 Å². The van der Waals surface area contributed by atoms with Gasteiger partial charge in [-0.1, -0.05) is 53.7 Å². The molecule has 1 N–H and O–H groups in total. The van der Waals surface area contributed by atoms with Crippen LogP contribution in [0.15, 0.2) is 84.0 Å². The zero-order valence-corrected chi connectivity index (χ0v) is 19.4. The van der Waals surface area contributed by atoms with Crippen LogP contribution in [0.3, 0.4) is 0 Å². The van der Waals surface area contributed by atoms with Gasteiger partial charge in [0.05, 0.1) is 11.3 Å². The molecule has 0 fully saturated rings. The normalized spacial score (nSPS) is 16.5. The molecule has 3 aromatic rings. The third kappa shape index (κ3) is 7.29. The molecule has 0 saturated heterocycles. The van der Waals surface area contributed by atoms with E-state index in [0.717, 1.165) is 17.7 Å². The molecule has 0 spiro atoms. The lowest BCUT2D eigenvalue weighted by molar-refractivity contribution is -0.137. The summed E-state index contributed by atoms with van der Waals surface area (Å²) in [5, 5.41) is 14.7. The van der Waals surface area contributed by atoms with E-state index in [4.69, 9.17) is 9.57 Å². The summed E-state index contributed by atoms with van der Waals surface area (Å²) in [7, 11) is 0. The smallest absolute Gasteiger partial charge is 0.416 e. The maximum Gasteiger partial charge on any atom is 0.416 e. The van der Waals surface area contributed by atoms with Gasteiger partial charge in [0, 0.05) is 26.1 Å². The zero-order chi connectivity index (χ0) is 25.5. The summed E-state index contributed by atoms with van der Waals surface area (Å²) in [6, 6.07) is 20.1. The first-order valence-corrected chi connectivity index (χ1v) is 11.5. The summed E-state index contributed by atoms with van der Waals surface area (Å²) in [5.41, 5.74) is 1.12. The second-order valence-electron chi connectivity index (χ2n) is 8.65. The quantitative estimate of drug-likeness (QED) is 0.384. The van der Waals surface area contributed by atoms with E-state index in [0.29, 0.717) is 30.0 Å². The second kappa shape index (κ2) is 11.5. The number of nitrogens with zero attached hydrogens (tertiary/aromatic N) is 2. The third-order valence-corrected chi connectivity index (χ3v) is 5.69. The topological polar surface area (TPSA) is 54.3 Å². The van der Waals surface area contributed by atoms with Gasteiger partial charge in [0.2, 0.25) is 0 Å². The van der Waals surface area contributed by atoms with Crippen molar-refractivity contribution in [3.8, 4) is 5.75 Å². The highest BCUT2D eigenvalue weighted by molar-refractivity contribution is 6.01. The molecule has 1 aliphatic heterocycles. The predicted octanol–water partition coefficient (Wildman–Crippen LogP) is 5.28. The van der Waals surface area contributed by atoms with Crippen LogP contribution in [0.2, 0.25) is 0 Å². The first-order chi connectivity index (χ1) is 17.3. The van der Waals surface area contributed by atoms with Gasteiger partial charge in [0.15, 0.2) is 0 Å². The number of aliphatic hydroxyl groups is 1. The number of aliphatic hydroxyl groups excluding tert-OH is 1. The Hall–Kier alpha value is -3.43. The highest BCUT2D eigenvalue weighted by Gasteiger charge is 2.31. The van der Waals surface area contributed by atoms with Crippen molar-refractivity contribution in [1.29, 1.82) is 0 Å². The minimum Gasteiger partial charge on any atom is -0.491 e. The number of halogens is 4. The Balaban J connectivity index is 1.42. The van der Waals surface area contributed by atoms with Gasteiger partial charge in [0.1, 0.15) is 30.4 Å². The summed E-state index contributed by atoms with van der Waals surface area (Å²) < 4.78 is 58.5. The lowest BCUT2D eigenvalue weighted by atomic mass is 10.0. The molecule has 4 rings (SSSR count). The average Bonchev–Trinajstić information content (AvgIpc) is 3.32. The summed E-state index contributed by atoms with van der Waals surface area (Å²) >= 11 is 0. The number of hydrogen-bond acceptors (Lipinski definition) is 5. The van der Waals surface area contributed by atoms with E-state index in [1.165, 1.54) is 18.2 Å². The van der Waals surface area contributed by atoms with E-state index in [1.54, 1.807) is 30.3 Å². The number of rotatable bonds is 10. The Bertz CT molecular complexity index is 1150. The molecule has 0 saturated carbocycles. The van der Waals surface area contributed by atoms with Gasteiger partial charge in [-0.15, -0.1) is 0 Å². The molecule has 0 bridgehead atoms.